The Bertz CT molecular complexity index is 608. The van der Waals surface area contributed by atoms with Crippen LogP contribution in [0.2, 0.25) is 5.02 Å². The van der Waals surface area contributed by atoms with Crippen molar-refractivity contribution in [1.29, 1.82) is 0 Å². The Morgan fingerprint density at radius 1 is 1.38 bits per heavy atom. The molecule has 2 rings (SSSR count). The fourth-order valence-corrected chi connectivity index (χ4v) is 2.15. The monoisotopic (exact) mass is 307 g/mol. The van der Waals surface area contributed by atoms with E-state index in [9.17, 15) is 4.79 Å². The molecule has 1 heterocycles. The molecule has 1 aromatic heterocycles. The Morgan fingerprint density at radius 2 is 2.05 bits per heavy atom. The summed E-state index contributed by atoms with van der Waals surface area (Å²) in [5.74, 6) is -0.816. The number of nitrogens with one attached hydrogen (secondary N) is 1. The molecule has 0 fully saturated rings. The molecule has 1 aromatic carbocycles. The van der Waals surface area contributed by atoms with Crippen molar-refractivity contribution in [1.82, 2.24) is 15.1 Å². The van der Waals surface area contributed by atoms with Crippen molar-refractivity contribution in [3.8, 4) is 5.69 Å². The third-order valence-corrected chi connectivity index (χ3v) is 3.44. The lowest BCUT2D eigenvalue weighted by Crippen LogP contribution is -2.40. The van der Waals surface area contributed by atoms with Gasteiger partial charge in [-0.05, 0) is 30.2 Å². The van der Waals surface area contributed by atoms with E-state index in [0.717, 1.165) is 11.3 Å². The highest BCUT2D eigenvalue weighted by Gasteiger charge is 2.20. The number of rotatable bonds is 6. The smallest absolute Gasteiger partial charge is 0.320 e. The zero-order valence-corrected chi connectivity index (χ0v) is 12.7. The third-order valence-electron chi connectivity index (χ3n) is 3.19. The summed E-state index contributed by atoms with van der Waals surface area (Å²) in [6.45, 7) is 4.22. The van der Waals surface area contributed by atoms with Gasteiger partial charge in [0.2, 0.25) is 0 Å². The zero-order valence-electron chi connectivity index (χ0n) is 12.0. The standard InChI is InChI=1S/C15H18ClN3O2/c1-10(2)14(15(20)21)17-7-11-8-18-19(9-11)13-5-3-12(16)4-6-13/h3-6,8-10,14,17H,7H2,1-2H3,(H,20,21)/t14-/m0/s1. The van der Waals surface area contributed by atoms with Crippen molar-refractivity contribution in [2.24, 2.45) is 5.92 Å². The number of hydrogen-bond acceptors (Lipinski definition) is 3. The van der Waals surface area contributed by atoms with E-state index in [1.165, 1.54) is 0 Å². The van der Waals surface area contributed by atoms with Crippen LogP contribution in [-0.4, -0.2) is 26.9 Å². The molecule has 0 aliphatic carbocycles. The van der Waals surface area contributed by atoms with Gasteiger partial charge in [0.15, 0.2) is 0 Å². The quantitative estimate of drug-likeness (QED) is 0.861. The molecule has 0 spiro atoms. The predicted molar refractivity (Wildman–Crippen MR) is 81.7 cm³/mol. The summed E-state index contributed by atoms with van der Waals surface area (Å²) in [5.41, 5.74) is 1.83. The van der Waals surface area contributed by atoms with Crippen molar-refractivity contribution in [2.75, 3.05) is 0 Å². The van der Waals surface area contributed by atoms with Crippen molar-refractivity contribution in [2.45, 2.75) is 26.4 Å². The molecule has 112 valence electrons. The third kappa shape index (κ3) is 4.06. The molecule has 0 unspecified atom stereocenters. The van der Waals surface area contributed by atoms with Crippen LogP contribution >= 0.6 is 11.6 Å². The van der Waals surface area contributed by atoms with Gasteiger partial charge in [-0.1, -0.05) is 25.4 Å². The number of benzene rings is 1. The van der Waals surface area contributed by atoms with Crippen molar-refractivity contribution in [3.05, 3.63) is 47.2 Å². The first-order valence-electron chi connectivity index (χ1n) is 6.73. The number of carboxylic acids is 1. The molecule has 0 aliphatic rings. The summed E-state index contributed by atoms with van der Waals surface area (Å²) in [4.78, 5) is 11.1. The first kappa shape index (κ1) is 15.5. The number of carbonyl (C=O) groups is 1. The highest BCUT2D eigenvalue weighted by atomic mass is 35.5. The van der Waals surface area contributed by atoms with Crippen LogP contribution in [0.25, 0.3) is 5.69 Å². The van der Waals surface area contributed by atoms with Gasteiger partial charge in [-0.2, -0.15) is 5.10 Å². The molecule has 0 saturated heterocycles. The van der Waals surface area contributed by atoms with Gasteiger partial charge in [0, 0.05) is 23.3 Å². The Morgan fingerprint density at radius 3 is 2.62 bits per heavy atom. The molecule has 0 bridgehead atoms. The number of halogens is 1. The van der Waals surface area contributed by atoms with E-state index < -0.39 is 12.0 Å². The summed E-state index contributed by atoms with van der Waals surface area (Å²) >= 11 is 5.85. The van der Waals surface area contributed by atoms with E-state index in [0.29, 0.717) is 11.6 Å². The van der Waals surface area contributed by atoms with Crippen LogP contribution in [0.15, 0.2) is 36.7 Å². The maximum absolute atomic E-state index is 11.1. The van der Waals surface area contributed by atoms with Crippen LogP contribution < -0.4 is 5.32 Å². The fourth-order valence-electron chi connectivity index (χ4n) is 2.02. The normalized spacial score (nSPS) is 12.6. The Kier molecular flexibility index (Phi) is 4.98. The minimum atomic E-state index is -0.838. The van der Waals surface area contributed by atoms with Crippen LogP contribution in [0.4, 0.5) is 0 Å². The van der Waals surface area contributed by atoms with Gasteiger partial charge in [-0.15, -0.1) is 0 Å². The molecular formula is C15H18ClN3O2. The maximum atomic E-state index is 11.1. The molecule has 2 N–H and O–H groups in total. The second-order valence-electron chi connectivity index (χ2n) is 5.21. The second kappa shape index (κ2) is 6.74. The molecular weight excluding hydrogens is 290 g/mol. The summed E-state index contributed by atoms with van der Waals surface area (Å²) in [6, 6.07) is 6.79. The van der Waals surface area contributed by atoms with Crippen LogP contribution in [0.3, 0.4) is 0 Å². The van der Waals surface area contributed by atoms with Gasteiger partial charge in [-0.3, -0.25) is 10.1 Å². The molecule has 0 amide bonds. The van der Waals surface area contributed by atoms with E-state index in [1.807, 2.05) is 32.2 Å². The molecule has 21 heavy (non-hydrogen) atoms. The van der Waals surface area contributed by atoms with Crippen molar-refractivity contribution in [3.63, 3.8) is 0 Å². The van der Waals surface area contributed by atoms with E-state index in [1.54, 1.807) is 23.0 Å². The van der Waals surface area contributed by atoms with Gasteiger partial charge < -0.3 is 5.11 Å². The van der Waals surface area contributed by atoms with E-state index in [4.69, 9.17) is 16.7 Å². The number of carboxylic acid groups (broad SMARTS) is 1. The van der Waals surface area contributed by atoms with E-state index >= 15 is 0 Å². The van der Waals surface area contributed by atoms with Crippen LogP contribution in [0.5, 0.6) is 0 Å². The molecule has 5 nitrogen and oxygen atoms in total. The summed E-state index contributed by atoms with van der Waals surface area (Å²) < 4.78 is 1.73. The Balaban J connectivity index is 2.03. The van der Waals surface area contributed by atoms with Crippen molar-refractivity contribution >= 4 is 17.6 Å². The Hall–Kier alpha value is -1.85. The second-order valence-corrected chi connectivity index (χ2v) is 5.65. The van der Waals surface area contributed by atoms with Gasteiger partial charge in [0.1, 0.15) is 6.04 Å². The highest BCUT2D eigenvalue weighted by Crippen LogP contribution is 2.13. The van der Waals surface area contributed by atoms with Crippen molar-refractivity contribution < 1.29 is 9.90 Å². The van der Waals surface area contributed by atoms with Crippen LogP contribution in [0.1, 0.15) is 19.4 Å². The molecule has 0 saturated carbocycles. The molecule has 1 atom stereocenters. The zero-order chi connectivity index (χ0) is 15.4. The number of nitrogens with zero attached hydrogens (tertiary/aromatic N) is 2. The van der Waals surface area contributed by atoms with Gasteiger partial charge in [0.25, 0.3) is 0 Å². The first-order valence-corrected chi connectivity index (χ1v) is 7.11. The van der Waals surface area contributed by atoms with E-state index in [-0.39, 0.29) is 5.92 Å². The lowest BCUT2D eigenvalue weighted by Gasteiger charge is -2.17. The van der Waals surface area contributed by atoms with Crippen LogP contribution in [0, 0.1) is 5.92 Å². The summed E-state index contributed by atoms with van der Waals surface area (Å²) in [5, 5.41) is 17.1. The molecule has 6 heteroatoms. The minimum Gasteiger partial charge on any atom is -0.480 e. The first-order chi connectivity index (χ1) is 9.97. The van der Waals surface area contributed by atoms with E-state index in [2.05, 4.69) is 10.4 Å². The molecule has 0 aliphatic heterocycles. The average molecular weight is 308 g/mol. The van der Waals surface area contributed by atoms with Gasteiger partial charge >= 0.3 is 5.97 Å². The predicted octanol–water partition coefficient (Wildman–Crippen LogP) is 2.72. The summed E-state index contributed by atoms with van der Waals surface area (Å²) in [7, 11) is 0. The number of aromatic nitrogens is 2. The van der Waals surface area contributed by atoms with Gasteiger partial charge in [0.05, 0.1) is 11.9 Å². The fraction of sp³-hybridized carbons (Fsp3) is 0.333. The summed E-state index contributed by atoms with van der Waals surface area (Å²) in [6.07, 6.45) is 3.59. The number of aliphatic carboxylic acids is 1. The Labute approximate surface area is 128 Å². The minimum absolute atomic E-state index is 0.0220. The average Bonchev–Trinajstić information content (AvgIpc) is 2.87. The topological polar surface area (TPSA) is 67.2 Å². The molecule has 0 radical (unpaired) electrons. The number of hydrogen-bond donors (Lipinski definition) is 2. The lowest BCUT2D eigenvalue weighted by atomic mass is 10.0. The highest BCUT2D eigenvalue weighted by molar-refractivity contribution is 6.30. The molecule has 2 aromatic rings. The SMILES string of the molecule is CC(C)[C@H](NCc1cnn(-c2ccc(Cl)cc2)c1)C(=O)O. The largest absolute Gasteiger partial charge is 0.480 e. The van der Waals surface area contributed by atoms with Gasteiger partial charge in [-0.25, -0.2) is 4.68 Å². The van der Waals surface area contributed by atoms with Crippen LogP contribution in [-0.2, 0) is 11.3 Å². The maximum Gasteiger partial charge on any atom is 0.320 e. The lowest BCUT2D eigenvalue weighted by molar-refractivity contribution is -0.140.